The molecule has 0 atom stereocenters. The fraction of sp³-hybridized carbons (Fsp3) is 0.200. The predicted octanol–water partition coefficient (Wildman–Crippen LogP) is 4.47. The first-order chi connectivity index (χ1) is 12.2. The van der Waals surface area contributed by atoms with Gasteiger partial charge in [-0.3, -0.25) is 0 Å². The molecule has 0 radical (unpaired) electrons. The zero-order valence-corrected chi connectivity index (χ0v) is 14.3. The molecule has 4 rings (SSSR count). The number of hydrogen-bond acceptors (Lipinski definition) is 5. The number of furan rings is 1. The lowest BCUT2D eigenvalue weighted by Gasteiger charge is -2.17. The minimum Gasteiger partial charge on any atom is -0.451 e. The van der Waals surface area contributed by atoms with Crippen LogP contribution in [0.5, 0.6) is 0 Å². The fourth-order valence-electron chi connectivity index (χ4n) is 2.90. The molecule has 0 amide bonds. The lowest BCUT2D eigenvalue weighted by atomic mass is 10.1. The van der Waals surface area contributed by atoms with Crippen molar-refractivity contribution in [3.05, 3.63) is 66.1 Å². The summed E-state index contributed by atoms with van der Waals surface area (Å²) in [6, 6.07) is 18.1. The highest BCUT2D eigenvalue weighted by atomic mass is 16.4. The van der Waals surface area contributed by atoms with Crippen molar-refractivity contribution in [1.82, 2.24) is 10.2 Å². The standard InChI is InChI=1S/C20H19N3O2/c1-14-16-10-6-7-11-17(16)24-19(14)20-22-21-18(25-20)12-13-23(2)15-8-4-3-5-9-15/h3-11H,12-13H2,1-2H3. The number of hydrogen-bond donors (Lipinski definition) is 0. The third kappa shape index (κ3) is 3.01. The summed E-state index contributed by atoms with van der Waals surface area (Å²) in [6.07, 6.45) is 0.678. The van der Waals surface area contributed by atoms with Gasteiger partial charge in [-0.05, 0) is 25.1 Å². The molecule has 5 heteroatoms. The zero-order chi connectivity index (χ0) is 17.2. The second-order valence-electron chi connectivity index (χ2n) is 6.06. The van der Waals surface area contributed by atoms with Crippen molar-refractivity contribution in [3.8, 4) is 11.7 Å². The third-order valence-corrected chi connectivity index (χ3v) is 4.36. The molecule has 0 aliphatic heterocycles. The fourth-order valence-corrected chi connectivity index (χ4v) is 2.90. The second-order valence-corrected chi connectivity index (χ2v) is 6.06. The normalized spacial score (nSPS) is 11.1. The maximum atomic E-state index is 5.89. The highest BCUT2D eigenvalue weighted by Crippen LogP contribution is 2.32. The van der Waals surface area contributed by atoms with Gasteiger partial charge in [0.2, 0.25) is 5.89 Å². The van der Waals surface area contributed by atoms with E-state index in [0.29, 0.717) is 24.0 Å². The lowest BCUT2D eigenvalue weighted by molar-refractivity contribution is 0.486. The molecule has 0 unspecified atom stereocenters. The summed E-state index contributed by atoms with van der Waals surface area (Å²) in [5.41, 5.74) is 3.01. The molecule has 2 aromatic heterocycles. The van der Waals surface area contributed by atoms with Crippen LogP contribution in [0.2, 0.25) is 0 Å². The molecule has 2 heterocycles. The van der Waals surface area contributed by atoms with Crippen LogP contribution in [-0.2, 0) is 6.42 Å². The Bertz CT molecular complexity index is 989. The molecule has 4 aromatic rings. The molecular formula is C20H19N3O2. The van der Waals surface area contributed by atoms with Gasteiger partial charge in [0.25, 0.3) is 5.89 Å². The van der Waals surface area contributed by atoms with E-state index in [0.717, 1.165) is 28.8 Å². The first kappa shape index (κ1) is 15.4. The van der Waals surface area contributed by atoms with Gasteiger partial charge in [0.05, 0.1) is 0 Å². The Morgan fingerprint density at radius 2 is 1.68 bits per heavy atom. The number of aromatic nitrogens is 2. The second kappa shape index (κ2) is 6.43. The molecule has 2 aromatic carbocycles. The van der Waals surface area contributed by atoms with E-state index in [1.807, 2.05) is 49.4 Å². The SMILES string of the molecule is Cc1c(-c2nnc(CCN(C)c3ccccc3)o2)oc2ccccc12. The van der Waals surface area contributed by atoms with Gasteiger partial charge in [-0.15, -0.1) is 10.2 Å². The van der Waals surface area contributed by atoms with Crippen molar-refractivity contribution >= 4 is 16.7 Å². The number of para-hydroxylation sites is 2. The van der Waals surface area contributed by atoms with E-state index < -0.39 is 0 Å². The number of rotatable bonds is 5. The largest absolute Gasteiger partial charge is 0.451 e. The first-order valence-electron chi connectivity index (χ1n) is 8.29. The van der Waals surface area contributed by atoms with Crippen LogP contribution < -0.4 is 4.90 Å². The quantitative estimate of drug-likeness (QED) is 0.539. The van der Waals surface area contributed by atoms with Crippen LogP contribution in [0.15, 0.2) is 63.4 Å². The number of benzene rings is 2. The molecule has 0 saturated heterocycles. The number of likely N-dealkylation sites (N-methyl/N-ethyl adjacent to an activating group) is 1. The number of aryl methyl sites for hydroxylation is 1. The third-order valence-electron chi connectivity index (χ3n) is 4.36. The summed E-state index contributed by atoms with van der Waals surface area (Å²) in [4.78, 5) is 2.16. The van der Waals surface area contributed by atoms with Gasteiger partial charge >= 0.3 is 0 Å². The predicted molar refractivity (Wildman–Crippen MR) is 97.7 cm³/mol. The van der Waals surface area contributed by atoms with E-state index in [2.05, 4.69) is 34.3 Å². The molecule has 0 aliphatic rings. The smallest absolute Gasteiger partial charge is 0.283 e. The molecule has 0 saturated carbocycles. The monoisotopic (exact) mass is 333 g/mol. The Balaban J connectivity index is 1.51. The summed E-state index contributed by atoms with van der Waals surface area (Å²) < 4.78 is 11.7. The molecule has 25 heavy (non-hydrogen) atoms. The summed E-state index contributed by atoms with van der Waals surface area (Å²) in [7, 11) is 2.05. The Morgan fingerprint density at radius 1 is 0.920 bits per heavy atom. The molecule has 0 N–H and O–H groups in total. The van der Waals surface area contributed by atoms with E-state index >= 15 is 0 Å². The van der Waals surface area contributed by atoms with Gasteiger partial charge in [-0.1, -0.05) is 36.4 Å². The van der Waals surface area contributed by atoms with Crippen molar-refractivity contribution in [2.75, 3.05) is 18.5 Å². The van der Waals surface area contributed by atoms with E-state index in [1.165, 1.54) is 0 Å². The van der Waals surface area contributed by atoms with E-state index in [-0.39, 0.29) is 0 Å². The first-order valence-corrected chi connectivity index (χ1v) is 8.29. The molecule has 0 bridgehead atoms. The molecule has 0 fully saturated rings. The van der Waals surface area contributed by atoms with Crippen molar-refractivity contribution in [3.63, 3.8) is 0 Å². The van der Waals surface area contributed by atoms with E-state index in [9.17, 15) is 0 Å². The Labute approximate surface area is 145 Å². The van der Waals surface area contributed by atoms with Gasteiger partial charge in [0, 0.05) is 36.7 Å². The van der Waals surface area contributed by atoms with Gasteiger partial charge in [-0.2, -0.15) is 0 Å². The number of fused-ring (bicyclic) bond motifs is 1. The van der Waals surface area contributed by atoms with Gasteiger partial charge in [0.1, 0.15) is 5.58 Å². The lowest BCUT2D eigenvalue weighted by Crippen LogP contribution is -2.20. The summed E-state index contributed by atoms with van der Waals surface area (Å²) >= 11 is 0. The average molecular weight is 333 g/mol. The molecule has 0 spiro atoms. The zero-order valence-electron chi connectivity index (χ0n) is 14.3. The molecule has 126 valence electrons. The van der Waals surface area contributed by atoms with E-state index in [1.54, 1.807) is 0 Å². The average Bonchev–Trinajstić information content (AvgIpc) is 3.25. The highest BCUT2D eigenvalue weighted by molar-refractivity contribution is 5.86. The minimum atomic E-state index is 0.436. The van der Waals surface area contributed by atoms with Crippen molar-refractivity contribution in [2.24, 2.45) is 0 Å². The maximum absolute atomic E-state index is 5.89. The van der Waals surface area contributed by atoms with Crippen molar-refractivity contribution in [1.29, 1.82) is 0 Å². The topological polar surface area (TPSA) is 55.3 Å². The van der Waals surface area contributed by atoms with Crippen LogP contribution in [0.4, 0.5) is 5.69 Å². The van der Waals surface area contributed by atoms with Gasteiger partial charge < -0.3 is 13.7 Å². The Kier molecular flexibility index (Phi) is 3.98. The highest BCUT2D eigenvalue weighted by Gasteiger charge is 2.18. The molecule has 0 aliphatic carbocycles. The number of nitrogens with zero attached hydrogens (tertiary/aromatic N) is 3. The minimum absolute atomic E-state index is 0.436. The van der Waals surface area contributed by atoms with Crippen LogP contribution in [0, 0.1) is 6.92 Å². The van der Waals surface area contributed by atoms with Crippen LogP contribution in [0.3, 0.4) is 0 Å². The van der Waals surface area contributed by atoms with E-state index in [4.69, 9.17) is 8.83 Å². The van der Waals surface area contributed by atoms with Crippen LogP contribution >= 0.6 is 0 Å². The maximum Gasteiger partial charge on any atom is 0.283 e. The van der Waals surface area contributed by atoms with Crippen LogP contribution in [-0.4, -0.2) is 23.8 Å². The Morgan fingerprint density at radius 3 is 2.48 bits per heavy atom. The summed E-state index contributed by atoms with van der Waals surface area (Å²) in [5, 5.41) is 9.40. The van der Waals surface area contributed by atoms with Gasteiger partial charge in [0.15, 0.2) is 5.76 Å². The van der Waals surface area contributed by atoms with Crippen molar-refractivity contribution in [2.45, 2.75) is 13.3 Å². The Hall–Kier alpha value is -3.08. The van der Waals surface area contributed by atoms with Crippen LogP contribution in [0.1, 0.15) is 11.5 Å². The van der Waals surface area contributed by atoms with Crippen LogP contribution in [0.25, 0.3) is 22.6 Å². The summed E-state index contributed by atoms with van der Waals surface area (Å²) in [5.74, 6) is 1.69. The molecule has 5 nitrogen and oxygen atoms in total. The summed E-state index contributed by atoms with van der Waals surface area (Å²) in [6.45, 7) is 2.80. The van der Waals surface area contributed by atoms with Gasteiger partial charge in [-0.25, -0.2) is 0 Å². The number of anilines is 1. The van der Waals surface area contributed by atoms with Crippen molar-refractivity contribution < 1.29 is 8.83 Å². The molecular weight excluding hydrogens is 314 g/mol.